The minimum Gasteiger partial charge on any atom is -0.368 e. The van der Waals surface area contributed by atoms with Crippen LogP contribution in [-0.4, -0.2) is 35.3 Å². The second kappa shape index (κ2) is 6.69. The van der Waals surface area contributed by atoms with Crippen molar-refractivity contribution >= 4 is 17.5 Å². The Balaban J connectivity index is 2.04. The van der Waals surface area contributed by atoms with Gasteiger partial charge in [0.15, 0.2) is 0 Å². The highest BCUT2D eigenvalue weighted by Crippen LogP contribution is 2.21. The predicted octanol–water partition coefficient (Wildman–Crippen LogP) is 0.422. The number of amides is 2. The molecule has 114 valence electrons. The maximum atomic E-state index is 11.6. The Labute approximate surface area is 124 Å². The molecule has 6 nitrogen and oxygen atoms in total. The molecule has 0 radical (unpaired) electrons. The van der Waals surface area contributed by atoms with Crippen LogP contribution in [-0.2, 0) is 16.1 Å². The van der Waals surface area contributed by atoms with Gasteiger partial charge in [0.05, 0.1) is 12.1 Å². The fourth-order valence-electron chi connectivity index (χ4n) is 2.58. The number of anilines is 1. The maximum absolute atomic E-state index is 11.6. The number of hydrogen-bond acceptors (Lipinski definition) is 4. The largest absolute Gasteiger partial charge is 0.368 e. The van der Waals surface area contributed by atoms with E-state index in [-0.39, 0.29) is 17.9 Å². The van der Waals surface area contributed by atoms with Crippen molar-refractivity contribution in [3.8, 4) is 0 Å². The van der Waals surface area contributed by atoms with Gasteiger partial charge in [0.25, 0.3) is 0 Å². The van der Waals surface area contributed by atoms with E-state index in [0.29, 0.717) is 12.2 Å². The molecule has 1 fully saturated rings. The molecule has 1 aliphatic rings. The lowest BCUT2D eigenvalue weighted by Gasteiger charge is -2.22. The van der Waals surface area contributed by atoms with E-state index < -0.39 is 6.04 Å². The van der Waals surface area contributed by atoms with Crippen LogP contribution in [0.15, 0.2) is 24.3 Å². The molecule has 0 aliphatic carbocycles. The minimum atomic E-state index is -0.550. The van der Waals surface area contributed by atoms with Crippen molar-refractivity contribution < 1.29 is 9.59 Å². The standard InChI is InChI=1S/C15H22N4O2/c1-10(16)15(21)18-12-5-2-4-11(8-12)9-19-7-3-6-13(19)14(17)20/h2,4-5,8,10,13H,3,6-7,9,16H2,1H3,(H2,17,20)(H,18,21)/t10-,13?/m1/s1. The van der Waals surface area contributed by atoms with Crippen molar-refractivity contribution in [1.29, 1.82) is 0 Å². The van der Waals surface area contributed by atoms with Gasteiger partial charge in [-0.1, -0.05) is 12.1 Å². The van der Waals surface area contributed by atoms with Gasteiger partial charge >= 0.3 is 0 Å². The normalized spacial score (nSPS) is 20.2. The Morgan fingerprint density at radius 1 is 1.48 bits per heavy atom. The average Bonchev–Trinajstić information content (AvgIpc) is 2.87. The smallest absolute Gasteiger partial charge is 0.240 e. The summed E-state index contributed by atoms with van der Waals surface area (Å²) in [7, 11) is 0. The molecule has 0 aromatic heterocycles. The fourth-order valence-corrected chi connectivity index (χ4v) is 2.58. The number of hydrogen-bond donors (Lipinski definition) is 3. The maximum Gasteiger partial charge on any atom is 0.240 e. The van der Waals surface area contributed by atoms with E-state index in [1.54, 1.807) is 6.92 Å². The van der Waals surface area contributed by atoms with Crippen LogP contribution in [0.3, 0.4) is 0 Å². The molecule has 5 N–H and O–H groups in total. The molecule has 6 heteroatoms. The molecule has 1 aliphatic heterocycles. The minimum absolute atomic E-state index is 0.188. The first-order chi connectivity index (χ1) is 9.97. The molecule has 0 spiro atoms. The van der Waals surface area contributed by atoms with Crippen LogP contribution in [0.5, 0.6) is 0 Å². The molecule has 1 aromatic carbocycles. The summed E-state index contributed by atoms with van der Waals surface area (Å²) in [5, 5.41) is 2.77. The Morgan fingerprint density at radius 2 is 2.24 bits per heavy atom. The number of carbonyl (C=O) groups is 2. The third-order valence-corrected chi connectivity index (χ3v) is 3.69. The van der Waals surface area contributed by atoms with Crippen LogP contribution < -0.4 is 16.8 Å². The molecule has 0 bridgehead atoms. The number of benzene rings is 1. The summed E-state index contributed by atoms with van der Waals surface area (Å²) in [5.74, 6) is -0.489. The number of likely N-dealkylation sites (tertiary alicyclic amines) is 1. The van der Waals surface area contributed by atoms with E-state index in [1.807, 2.05) is 24.3 Å². The predicted molar refractivity (Wildman–Crippen MR) is 81.3 cm³/mol. The second-order valence-electron chi connectivity index (χ2n) is 5.51. The molecular formula is C15H22N4O2. The number of nitrogens with zero attached hydrogens (tertiary/aromatic N) is 1. The van der Waals surface area contributed by atoms with E-state index in [0.717, 1.165) is 24.9 Å². The van der Waals surface area contributed by atoms with E-state index in [1.165, 1.54) is 0 Å². The van der Waals surface area contributed by atoms with E-state index in [4.69, 9.17) is 11.5 Å². The van der Waals surface area contributed by atoms with Crippen molar-refractivity contribution in [3.05, 3.63) is 29.8 Å². The summed E-state index contributed by atoms with van der Waals surface area (Å²) in [6.45, 7) is 3.15. The molecule has 1 saturated heterocycles. The quantitative estimate of drug-likeness (QED) is 0.731. The molecule has 1 unspecified atom stereocenters. The van der Waals surface area contributed by atoms with E-state index in [2.05, 4.69) is 10.2 Å². The van der Waals surface area contributed by atoms with Crippen LogP contribution >= 0.6 is 0 Å². The zero-order valence-electron chi connectivity index (χ0n) is 12.2. The van der Waals surface area contributed by atoms with Crippen LogP contribution in [0.2, 0.25) is 0 Å². The molecule has 1 aromatic rings. The summed E-state index contributed by atoms with van der Waals surface area (Å²) < 4.78 is 0. The lowest BCUT2D eigenvalue weighted by Crippen LogP contribution is -2.39. The summed E-state index contributed by atoms with van der Waals surface area (Å²) in [6, 6.07) is 6.83. The van der Waals surface area contributed by atoms with Gasteiger partial charge in [0.1, 0.15) is 0 Å². The topological polar surface area (TPSA) is 101 Å². The number of nitrogens with two attached hydrogens (primary N) is 2. The van der Waals surface area contributed by atoms with Gasteiger partial charge in [-0.15, -0.1) is 0 Å². The molecule has 1 heterocycles. The first-order valence-corrected chi connectivity index (χ1v) is 7.16. The summed E-state index contributed by atoms with van der Waals surface area (Å²) in [6.07, 6.45) is 1.80. The molecule has 21 heavy (non-hydrogen) atoms. The highest BCUT2D eigenvalue weighted by molar-refractivity contribution is 5.94. The van der Waals surface area contributed by atoms with Gasteiger partial charge in [-0.25, -0.2) is 0 Å². The SMILES string of the molecule is C[C@@H](N)C(=O)Nc1cccc(CN2CCCC2C(N)=O)c1. The highest BCUT2D eigenvalue weighted by atomic mass is 16.2. The van der Waals surface area contributed by atoms with Crippen LogP contribution in [0.1, 0.15) is 25.3 Å². The van der Waals surface area contributed by atoms with Crippen molar-refractivity contribution in [2.24, 2.45) is 11.5 Å². The van der Waals surface area contributed by atoms with Crippen LogP contribution in [0.25, 0.3) is 0 Å². The van der Waals surface area contributed by atoms with Crippen molar-refractivity contribution in [3.63, 3.8) is 0 Å². The molecule has 2 amide bonds. The number of carbonyl (C=O) groups excluding carboxylic acids is 2. The third-order valence-electron chi connectivity index (χ3n) is 3.69. The van der Waals surface area contributed by atoms with Gasteiger partial charge in [-0.3, -0.25) is 14.5 Å². The van der Waals surface area contributed by atoms with Crippen molar-refractivity contribution in [2.75, 3.05) is 11.9 Å². The van der Waals surface area contributed by atoms with Crippen LogP contribution in [0, 0.1) is 0 Å². The van der Waals surface area contributed by atoms with Crippen LogP contribution in [0.4, 0.5) is 5.69 Å². The van der Waals surface area contributed by atoms with Gasteiger partial charge in [-0.05, 0) is 44.0 Å². The summed E-state index contributed by atoms with van der Waals surface area (Å²) in [4.78, 5) is 25.1. The Hall–Kier alpha value is -1.92. The van der Waals surface area contributed by atoms with Gasteiger partial charge in [0, 0.05) is 12.2 Å². The number of primary amides is 1. The van der Waals surface area contributed by atoms with Gasteiger partial charge < -0.3 is 16.8 Å². The zero-order valence-corrected chi connectivity index (χ0v) is 12.2. The summed E-state index contributed by atoms with van der Waals surface area (Å²) in [5.41, 5.74) is 12.7. The van der Waals surface area contributed by atoms with Crippen molar-refractivity contribution in [1.82, 2.24) is 4.90 Å². The highest BCUT2D eigenvalue weighted by Gasteiger charge is 2.28. The zero-order chi connectivity index (χ0) is 15.4. The lowest BCUT2D eigenvalue weighted by atomic mass is 10.1. The molecule has 0 saturated carbocycles. The average molecular weight is 290 g/mol. The van der Waals surface area contributed by atoms with Gasteiger partial charge in [0.2, 0.25) is 11.8 Å². The number of rotatable bonds is 5. The fraction of sp³-hybridized carbons (Fsp3) is 0.467. The second-order valence-corrected chi connectivity index (χ2v) is 5.51. The number of nitrogens with one attached hydrogen (secondary N) is 1. The van der Waals surface area contributed by atoms with E-state index >= 15 is 0 Å². The molecule has 2 atom stereocenters. The Bertz CT molecular complexity index is 530. The van der Waals surface area contributed by atoms with Gasteiger partial charge in [-0.2, -0.15) is 0 Å². The molecule has 2 rings (SSSR count). The monoisotopic (exact) mass is 290 g/mol. The first kappa shape index (κ1) is 15.5. The Morgan fingerprint density at radius 3 is 2.90 bits per heavy atom. The molecular weight excluding hydrogens is 268 g/mol. The summed E-state index contributed by atoms with van der Waals surface area (Å²) >= 11 is 0. The Kier molecular flexibility index (Phi) is 4.93. The van der Waals surface area contributed by atoms with E-state index in [9.17, 15) is 9.59 Å². The van der Waals surface area contributed by atoms with Crippen molar-refractivity contribution in [2.45, 2.75) is 38.4 Å². The lowest BCUT2D eigenvalue weighted by molar-refractivity contribution is -0.122. The first-order valence-electron chi connectivity index (χ1n) is 7.16. The third kappa shape index (κ3) is 4.03.